The number of ether oxygens (including phenoxy) is 1. The van der Waals surface area contributed by atoms with Gasteiger partial charge >= 0.3 is 0 Å². The summed E-state index contributed by atoms with van der Waals surface area (Å²) in [6, 6.07) is 12.0. The van der Waals surface area contributed by atoms with Gasteiger partial charge in [-0.05, 0) is 43.7 Å². The Morgan fingerprint density at radius 1 is 1.19 bits per heavy atom. The zero-order valence-corrected chi connectivity index (χ0v) is 18.3. The van der Waals surface area contributed by atoms with Crippen LogP contribution in [0.3, 0.4) is 0 Å². The standard InChI is InChI=1S/C24H19N3O4S/c1-4-10-30-16-7-5-6-15(12-16)20-19-21(28)17-11-13(2)8-9-18(17)31-22(19)23(29)27(20)24-26-25-14(3)32-24/h4-9,11-12,20H,1,10H2,2-3H3. The number of hydrogen-bond acceptors (Lipinski definition) is 7. The van der Waals surface area contributed by atoms with E-state index >= 15 is 0 Å². The van der Waals surface area contributed by atoms with Gasteiger partial charge in [-0.25, -0.2) is 0 Å². The molecule has 0 saturated heterocycles. The minimum atomic E-state index is -0.710. The van der Waals surface area contributed by atoms with Gasteiger partial charge in [0.25, 0.3) is 5.91 Å². The lowest BCUT2D eigenvalue weighted by Crippen LogP contribution is -2.29. The average Bonchev–Trinajstić information content (AvgIpc) is 3.34. The van der Waals surface area contributed by atoms with Crippen molar-refractivity contribution in [3.8, 4) is 5.75 Å². The molecular weight excluding hydrogens is 426 g/mol. The number of carbonyl (C=O) groups excluding carboxylic acids is 1. The van der Waals surface area contributed by atoms with Crippen LogP contribution in [0.1, 0.15) is 38.3 Å². The Morgan fingerprint density at radius 3 is 2.78 bits per heavy atom. The molecule has 2 aromatic carbocycles. The molecule has 2 aromatic heterocycles. The second kappa shape index (κ2) is 7.72. The Bertz CT molecular complexity index is 1440. The van der Waals surface area contributed by atoms with Crippen LogP contribution >= 0.6 is 11.3 Å². The van der Waals surface area contributed by atoms with E-state index in [2.05, 4.69) is 16.8 Å². The number of aryl methyl sites for hydroxylation is 2. The number of aromatic nitrogens is 2. The van der Waals surface area contributed by atoms with Crippen molar-refractivity contribution in [3.05, 3.63) is 92.8 Å². The number of hydrogen-bond donors (Lipinski definition) is 0. The summed E-state index contributed by atoms with van der Waals surface area (Å²) >= 11 is 1.28. The summed E-state index contributed by atoms with van der Waals surface area (Å²) in [5.74, 6) is 0.220. The van der Waals surface area contributed by atoms with Gasteiger partial charge in [0.15, 0.2) is 5.43 Å². The lowest BCUT2D eigenvalue weighted by atomic mass is 9.98. The molecule has 1 unspecified atom stereocenters. The van der Waals surface area contributed by atoms with E-state index in [9.17, 15) is 9.59 Å². The fourth-order valence-electron chi connectivity index (χ4n) is 3.91. The molecule has 0 bridgehead atoms. The molecule has 1 atom stereocenters. The molecule has 8 heteroatoms. The van der Waals surface area contributed by atoms with Gasteiger partial charge in [0.2, 0.25) is 10.9 Å². The maximum atomic E-state index is 13.6. The monoisotopic (exact) mass is 445 g/mol. The Labute approximate surface area is 187 Å². The highest BCUT2D eigenvalue weighted by atomic mass is 32.1. The summed E-state index contributed by atoms with van der Waals surface area (Å²) in [5.41, 5.74) is 2.09. The molecule has 0 saturated carbocycles. The van der Waals surface area contributed by atoms with E-state index in [1.165, 1.54) is 16.2 Å². The molecule has 0 radical (unpaired) electrons. The predicted octanol–water partition coefficient (Wildman–Crippen LogP) is 4.58. The molecule has 0 N–H and O–H groups in total. The molecule has 3 heterocycles. The Balaban J connectivity index is 1.77. The number of fused-ring (bicyclic) bond motifs is 2. The highest BCUT2D eigenvalue weighted by molar-refractivity contribution is 7.15. The van der Waals surface area contributed by atoms with E-state index in [0.717, 1.165) is 5.56 Å². The second-order valence-corrected chi connectivity index (χ2v) is 8.69. The second-order valence-electron chi connectivity index (χ2n) is 7.53. The third-order valence-electron chi connectivity index (χ3n) is 5.29. The van der Waals surface area contributed by atoms with E-state index < -0.39 is 11.9 Å². The zero-order valence-electron chi connectivity index (χ0n) is 17.5. The lowest BCUT2D eigenvalue weighted by Gasteiger charge is -2.22. The first-order chi connectivity index (χ1) is 15.5. The predicted molar refractivity (Wildman–Crippen MR) is 123 cm³/mol. The highest BCUT2D eigenvalue weighted by Crippen LogP contribution is 2.42. The van der Waals surface area contributed by atoms with E-state index in [1.807, 2.05) is 44.2 Å². The summed E-state index contributed by atoms with van der Waals surface area (Å²) in [6.07, 6.45) is 1.65. The molecule has 7 nitrogen and oxygen atoms in total. The van der Waals surface area contributed by atoms with Crippen molar-refractivity contribution in [2.45, 2.75) is 19.9 Å². The summed E-state index contributed by atoms with van der Waals surface area (Å²) in [5, 5.41) is 9.80. The first kappa shape index (κ1) is 20.1. The van der Waals surface area contributed by atoms with Crippen molar-refractivity contribution >= 4 is 33.3 Å². The van der Waals surface area contributed by atoms with Crippen LogP contribution in [0.5, 0.6) is 5.75 Å². The highest BCUT2D eigenvalue weighted by Gasteiger charge is 2.45. The minimum absolute atomic E-state index is 0.0293. The Kier molecular flexibility index (Phi) is 4.86. The molecule has 1 amide bonds. The van der Waals surface area contributed by atoms with Crippen molar-refractivity contribution < 1.29 is 13.9 Å². The van der Waals surface area contributed by atoms with Gasteiger partial charge in [-0.3, -0.25) is 14.5 Å². The topological polar surface area (TPSA) is 85.5 Å². The smallest absolute Gasteiger partial charge is 0.297 e. The van der Waals surface area contributed by atoms with Crippen molar-refractivity contribution in [3.63, 3.8) is 0 Å². The van der Waals surface area contributed by atoms with Gasteiger partial charge in [-0.1, -0.05) is 47.8 Å². The van der Waals surface area contributed by atoms with Gasteiger partial charge in [0.1, 0.15) is 22.9 Å². The first-order valence-electron chi connectivity index (χ1n) is 10.0. The maximum Gasteiger partial charge on any atom is 0.297 e. The molecule has 32 heavy (non-hydrogen) atoms. The van der Waals surface area contributed by atoms with Crippen LogP contribution in [0.4, 0.5) is 5.13 Å². The largest absolute Gasteiger partial charge is 0.490 e. The van der Waals surface area contributed by atoms with Crippen LogP contribution in [-0.2, 0) is 0 Å². The van der Waals surface area contributed by atoms with Crippen molar-refractivity contribution in [2.24, 2.45) is 0 Å². The maximum absolute atomic E-state index is 13.6. The summed E-state index contributed by atoms with van der Waals surface area (Å²) in [4.78, 5) is 28.6. The third kappa shape index (κ3) is 3.20. The SMILES string of the molecule is C=CCOc1cccc(C2c3c(oc4ccc(C)cc4c3=O)C(=O)N2c2nnc(C)s2)c1. The normalized spacial score (nSPS) is 15.2. The van der Waals surface area contributed by atoms with Crippen molar-refractivity contribution in [2.75, 3.05) is 11.5 Å². The number of nitrogens with zero attached hydrogens (tertiary/aromatic N) is 3. The quantitative estimate of drug-likeness (QED) is 0.418. The summed E-state index contributed by atoms with van der Waals surface area (Å²) in [7, 11) is 0. The molecule has 1 aliphatic rings. The molecule has 4 aromatic rings. The van der Waals surface area contributed by atoms with Gasteiger partial charge in [0, 0.05) is 0 Å². The minimum Gasteiger partial charge on any atom is -0.490 e. The number of rotatable bonds is 5. The number of amides is 1. The van der Waals surface area contributed by atoms with E-state index in [4.69, 9.17) is 9.15 Å². The number of carbonyl (C=O) groups is 1. The van der Waals surface area contributed by atoms with Crippen LogP contribution in [0.15, 0.2) is 64.3 Å². The summed E-state index contributed by atoms with van der Waals surface area (Å²) < 4.78 is 11.7. The van der Waals surface area contributed by atoms with Crippen molar-refractivity contribution in [1.29, 1.82) is 0 Å². The fraction of sp³-hybridized carbons (Fsp3) is 0.167. The molecule has 0 spiro atoms. The summed E-state index contributed by atoms with van der Waals surface area (Å²) in [6.45, 7) is 7.74. The molecule has 1 aliphatic heterocycles. The Morgan fingerprint density at radius 2 is 2.03 bits per heavy atom. The molecule has 0 fully saturated rings. The van der Waals surface area contributed by atoms with Gasteiger partial charge in [-0.2, -0.15) is 0 Å². The van der Waals surface area contributed by atoms with Crippen LogP contribution < -0.4 is 15.1 Å². The van der Waals surface area contributed by atoms with Gasteiger partial charge < -0.3 is 9.15 Å². The molecule has 5 rings (SSSR count). The van der Waals surface area contributed by atoms with Crippen molar-refractivity contribution in [1.82, 2.24) is 10.2 Å². The zero-order chi connectivity index (χ0) is 22.4. The number of benzene rings is 2. The van der Waals surface area contributed by atoms with Gasteiger partial charge in [0.05, 0.1) is 17.0 Å². The third-order valence-corrected chi connectivity index (χ3v) is 6.13. The Hall–Kier alpha value is -3.78. The van der Waals surface area contributed by atoms with E-state index in [-0.39, 0.29) is 11.2 Å². The van der Waals surface area contributed by atoms with Crippen LogP contribution in [0.2, 0.25) is 0 Å². The van der Waals surface area contributed by atoms with Crippen LogP contribution in [0, 0.1) is 13.8 Å². The fourth-order valence-corrected chi connectivity index (χ4v) is 4.63. The van der Waals surface area contributed by atoms with Crippen LogP contribution in [-0.4, -0.2) is 22.7 Å². The molecule has 160 valence electrons. The molecular formula is C24H19N3O4S. The van der Waals surface area contributed by atoms with E-state index in [0.29, 0.717) is 44.6 Å². The average molecular weight is 446 g/mol. The van der Waals surface area contributed by atoms with Crippen LogP contribution in [0.25, 0.3) is 11.0 Å². The molecule has 0 aliphatic carbocycles. The number of anilines is 1. The van der Waals surface area contributed by atoms with E-state index in [1.54, 1.807) is 18.2 Å². The lowest BCUT2D eigenvalue weighted by molar-refractivity contribution is 0.0970. The van der Waals surface area contributed by atoms with Gasteiger partial charge in [-0.15, -0.1) is 10.2 Å². The first-order valence-corrected chi connectivity index (χ1v) is 10.8.